The van der Waals surface area contributed by atoms with E-state index >= 15 is 0 Å². The molecule has 3 rings (SSSR count). The molecule has 10 heteroatoms. The molecule has 1 saturated heterocycles. The number of nitrogens with zero attached hydrogens (tertiary/aromatic N) is 6. The number of hydrogen-bond acceptors (Lipinski definition) is 5. The van der Waals surface area contributed by atoms with Gasteiger partial charge in [0.05, 0.1) is 16.8 Å². The number of hydrogen-bond donors (Lipinski definition) is 1. The molecule has 1 N–H and O–H groups in total. The standard InChI is InChI=1S/C17H21N7O3/c1-18-17(19-9-13-3-5-14(6-4-13)24(26)27)22-7-8-23(16(25)12-22)15-10-20-21(2)11-15/h3-6,10-11H,7-9,12H2,1-2H3,(H,18,19). The lowest BCUT2D eigenvalue weighted by molar-refractivity contribution is -0.384. The Morgan fingerprint density at radius 1 is 1.33 bits per heavy atom. The number of nitro groups is 1. The van der Waals surface area contributed by atoms with Crippen LogP contribution in [0.5, 0.6) is 0 Å². The second-order valence-corrected chi connectivity index (χ2v) is 6.16. The Bertz CT molecular complexity index is 860. The minimum absolute atomic E-state index is 0.0208. The average molecular weight is 371 g/mol. The summed E-state index contributed by atoms with van der Waals surface area (Å²) in [6.07, 6.45) is 3.49. The first kappa shape index (κ1) is 18.4. The first-order valence-electron chi connectivity index (χ1n) is 8.46. The lowest BCUT2D eigenvalue weighted by atomic mass is 10.2. The summed E-state index contributed by atoms with van der Waals surface area (Å²) in [6, 6.07) is 6.33. The van der Waals surface area contributed by atoms with Gasteiger partial charge in [0.25, 0.3) is 5.69 Å². The second-order valence-electron chi connectivity index (χ2n) is 6.16. The molecule has 10 nitrogen and oxygen atoms in total. The van der Waals surface area contributed by atoms with Crippen molar-refractivity contribution in [1.29, 1.82) is 0 Å². The van der Waals surface area contributed by atoms with Gasteiger partial charge < -0.3 is 15.1 Å². The Kier molecular flexibility index (Phi) is 5.34. The SMILES string of the molecule is CN=C(NCc1ccc([N+](=O)[O-])cc1)N1CCN(c2cnn(C)c2)C(=O)C1. The average Bonchev–Trinajstić information content (AvgIpc) is 3.09. The van der Waals surface area contributed by atoms with Crippen molar-refractivity contribution >= 4 is 23.2 Å². The van der Waals surface area contributed by atoms with Gasteiger partial charge in [0.1, 0.15) is 6.54 Å². The van der Waals surface area contributed by atoms with Gasteiger partial charge >= 0.3 is 0 Å². The van der Waals surface area contributed by atoms with Gasteiger partial charge in [-0.3, -0.25) is 24.6 Å². The summed E-state index contributed by atoms with van der Waals surface area (Å²) < 4.78 is 1.67. The van der Waals surface area contributed by atoms with Crippen LogP contribution in [0.2, 0.25) is 0 Å². The Balaban J connectivity index is 1.58. The number of aliphatic imine (C=N–C) groups is 1. The van der Waals surface area contributed by atoms with E-state index in [1.165, 1.54) is 12.1 Å². The maximum atomic E-state index is 12.5. The second kappa shape index (κ2) is 7.85. The van der Waals surface area contributed by atoms with Crippen LogP contribution in [0.15, 0.2) is 41.7 Å². The molecule has 0 spiro atoms. The zero-order valence-corrected chi connectivity index (χ0v) is 15.2. The number of benzene rings is 1. The summed E-state index contributed by atoms with van der Waals surface area (Å²) in [6.45, 7) is 1.86. The summed E-state index contributed by atoms with van der Waals surface area (Å²) in [5.74, 6) is 0.597. The van der Waals surface area contributed by atoms with Crippen LogP contribution < -0.4 is 10.2 Å². The minimum Gasteiger partial charge on any atom is -0.352 e. The van der Waals surface area contributed by atoms with Crippen LogP contribution in [-0.2, 0) is 18.4 Å². The monoisotopic (exact) mass is 371 g/mol. The number of carbonyl (C=O) groups is 1. The molecule has 1 amide bonds. The summed E-state index contributed by atoms with van der Waals surface area (Å²) in [5, 5.41) is 18.0. The van der Waals surface area contributed by atoms with E-state index in [-0.39, 0.29) is 18.1 Å². The van der Waals surface area contributed by atoms with Crippen LogP contribution in [0, 0.1) is 10.1 Å². The van der Waals surface area contributed by atoms with E-state index in [0.717, 1.165) is 11.3 Å². The Hall–Kier alpha value is -3.43. The quantitative estimate of drug-likeness (QED) is 0.368. The number of non-ortho nitro benzene ring substituents is 1. The predicted molar refractivity (Wildman–Crippen MR) is 100 cm³/mol. The third kappa shape index (κ3) is 4.22. The van der Waals surface area contributed by atoms with Crippen LogP contribution in [-0.4, -0.2) is 58.2 Å². The molecule has 1 aromatic carbocycles. The van der Waals surface area contributed by atoms with Crippen molar-refractivity contribution in [2.75, 3.05) is 31.6 Å². The number of guanidine groups is 1. The third-order valence-electron chi connectivity index (χ3n) is 4.33. The maximum Gasteiger partial charge on any atom is 0.269 e. The third-order valence-corrected chi connectivity index (χ3v) is 4.33. The van der Waals surface area contributed by atoms with Crippen LogP contribution in [0.4, 0.5) is 11.4 Å². The van der Waals surface area contributed by atoms with Gasteiger partial charge in [-0.25, -0.2) is 0 Å². The van der Waals surface area contributed by atoms with E-state index in [2.05, 4.69) is 15.4 Å². The molecule has 0 atom stereocenters. The van der Waals surface area contributed by atoms with Crippen molar-refractivity contribution in [3.8, 4) is 0 Å². The fraction of sp³-hybridized carbons (Fsp3) is 0.353. The summed E-state index contributed by atoms with van der Waals surface area (Å²) in [7, 11) is 3.48. The number of nitrogens with one attached hydrogen (secondary N) is 1. The van der Waals surface area contributed by atoms with E-state index in [9.17, 15) is 14.9 Å². The number of rotatable bonds is 4. The predicted octanol–water partition coefficient (Wildman–Crippen LogP) is 0.752. The van der Waals surface area contributed by atoms with Crippen LogP contribution in [0.3, 0.4) is 0 Å². The maximum absolute atomic E-state index is 12.5. The molecule has 1 aliphatic heterocycles. The summed E-state index contributed by atoms with van der Waals surface area (Å²) in [4.78, 5) is 30.6. The number of aromatic nitrogens is 2. The lowest BCUT2D eigenvalue weighted by Gasteiger charge is -2.35. The van der Waals surface area contributed by atoms with Gasteiger partial charge in [0.15, 0.2) is 5.96 Å². The molecular formula is C17H21N7O3. The number of amides is 1. The summed E-state index contributed by atoms with van der Waals surface area (Å²) in [5.41, 5.74) is 1.73. The smallest absolute Gasteiger partial charge is 0.269 e. The van der Waals surface area contributed by atoms with Crippen LogP contribution in [0.25, 0.3) is 0 Å². The lowest BCUT2D eigenvalue weighted by Crippen LogP contribution is -2.55. The number of anilines is 1. The molecule has 1 aromatic heterocycles. The molecule has 0 radical (unpaired) electrons. The van der Waals surface area contributed by atoms with Gasteiger partial charge in [-0.05, 0) is 5.56 Å². The van der Waals surface area contributed by atoms with Crippen molar-refractivity contribution in [1.82, 2.24) is 20.0 Å². The molecule has 27 heavy (non-hydrogen) atoms. The minimum atomic E-state index is -0.427. The topological polar surface area (TPSA) is 109 Å². The number of carbonyl (C=O) groups excluding carboxylic acids is 1. The number of aryl methyl sites for hydroxylation is 1. The van der Waals surface area contributed by atoms with Gasteiger partial charge in [-0.15, -0.1) is 0 Å². The van der Waals surface area contributed by atoms with E-state index in [4.69, 9.17) is 0 Å². The molecule has 2 aromatic rings. The zero-order chi connectivity index (χ0) is 19.4. The molecule has 0 bridgehead atoms. The molecule has 142 valence electrons. The zero-order valence-electron chi connectivity index (χ0n) is 15.2. The number of nitro benzene ring substituents is 1. The van der Waals surface area contributed by atoms with Gasteiger partial charge in [0.2, 0.25) is 5.91 Å². The van der Waals surface area contributed by atoms with Crippen molar-refractivity contribution in [3.63, 3.8) is 0 Å². The van der Waals surface area contributed by atoms with E-state index in [1.54, 1.807) is 35.0 Å². The van der Waals surface area contributed by atoms with Crippen LogP contribution in [0.1, 0.15) is 5.56 Å². The van der Waals surface area contributed by atoms with Crippen LogP contribution >= 0.6 is 0 Å². The first-order valence-corrected chi connectivity index (χ1v) is 8.46. The molecule has 0 saturated carbocycles. The highest BCUT2D eigenvalue weighted by Crippen LogP contribution is 2.16. The molecule has 1 aliphatic rings. The normalized spacial score (nSPS) is 15.2. The Labute approximate surface area is 156 Å². The highest BCUT2D eigenvalue weighted by Gasteiger charge is 2.27. The van der Waals surface area contributed by atoms with Gasteiger partial charge in [-0.1, -0.05) is 12.1 Å². The summed E-state index contributed by atoms with van der Waals surface area (Å²) >= 11 is 0. The number of piperazine rings is 1. The fourth-order valence-corrected chi connectivity index (χ4v) is 2.92. The van der Waals surface area contributed by atoms with E-state index in [1.807, 2.05) is 18.1 Å². The Morgan fingerprint density at radius 2 is 2.07 bits per heavy atom. The van der Waals surface area contributed by atoms with Crippen molar-refractivity contribution in [3.05, 3.63) is 52.3 Å². The molecule has 0 aliphatic carbocycles. The van der Waals surface area contributed by atoms with Crippen molar-refractivity contribution in [2.45, 2.75) is 6.54 Å². The molecule has 2 heterocycles. The van der Waals surface area contributed by atoms with Gasteiger partial charge in [0, 0.05) is 52.1 Å². The first-order chi connectivity index (χ1) is 13.0. The molecule has 0 unspecified atom stereocenters. The van der Waals surface area contributed by atoms with E-state index in [0.29, 0.717) is 25.6 Å². The largest absolute Gasteiger partial charge is 0.352 e. The van der Waals surface area contributed by atoms with Gasteiger partial charge in [-0.2, -0.15) is 5.10 Å². The van der Waals surface area contributed by atoms with Crippen molar-refractivity contribution < 1.29 is 9.72 Å². The fourth-order valence-electron chi connectivity index (χ4n) is 2.92. The van der Waals surface area contributed by atoms with Crippen molar-refractivity contribution in [2.24, 2.45) is 12.0 Å². The highest BCUT2D eigenvalue weighted by molar-refractivity contribution is 5.98. The Morgan fingerprint density at radius 3 is 2.63 bits per heavy atom. The van der Waals surface area contributed by atoms with E-state index < -0.39 is 4.92 Å². The molecule has 1 fully saturated rings. The molecular weight excluding hydrogens is 350 g/mol. The highest BCUT2D eigenvalue weighted by atomic mass is 16.6.